The molecule has 0 fully saturated rings. The van der Waals surface area contributed by atoms with E-state index < -0.39 is 29.3 Å². The lowest BCUT2D eigenvalue weighted by Gasteiger charge is -2.19. The Morgan fingerprint density at radius 3 is 2.14 bits per heavy atom. The Morgan fingerprint density at radius 2 is 1.57 bits per heavy atom. The summed E-state index contributed by atoms with van der Waals surface area (Å²) in [5.74, 6) is -1.37. The van der Waals surface area contributed by atoms with Crippen molar-refractivity contribution in [2.45, 2.75) is 26.4 Å². The summed E-state index contributed by atoms with van der Waals surface area (Å²) in [6.07, 6.45) is -0.682. The lowest BCUT2D eigenvalue weighted by molar-refractivity contribution is -0.115. The van der Waals surface area contributed by atoms with Crippen LogP contribution in [-0.2, 0) is 9.53 Å². The summed E-state index contributed by atoms with van der Waals surface area (Å²) >= 11 is 0. The molecule has 0 unspecified atom stereocenters. The van der Waals surface area contributed by atoms with Gasteiger partial charge in [-0.25, -0.2) is 9.18 Å². The molecule has 3 amide bonds. The van der Waals surface area contributed by atoms with Crippen LogP contribution in [0.4, 0.5) is 20.6 Å². The van der Waals surface area contributed by atoms with Gasteiger partial charge in [0.15, 0.2) is 0 Å². The molecule has 0 aliphatic rings. The van der Waals surface area contributed by atoms with E-state index in [1.165, 1.54) is 18.2 Å². The third kappa shape index (κ3) is 7.06. The molecular weight excluding hydrogens is 365 g/mol. The van der Waals surface area contributed by atoms with E-state index >= 15 is 0 Å². The van der Waals surface area contributed by atoms with Crippen LogP contribution >= 0.6 is 0 Å². The molecule has 0 heterocycles. The maximum Gasteiger partial charge on any atom is 0.408 e. The first-order valence-electron chi connectivity index (χ1n) is 8.56. The molecule has 0 atom stereocenters. The Hall–Kier alpha value is -3.42. The number of carbonyl (C=O) groups is 3. The van der Waals surface area contributed by atoms with Gasteiger partial charge in [0.2, 0.25) is 5.91 Å². The third-order valence-corrected chi connectivity index (χ3v) is 3.31. The molecule has 0 saturated heterocycles. The molecule has 0 saturated carbocycles. The van der Waals surface area contributed by atoms with Crippen LogP contribution in [0.25, 0.3) is 0 Å². The minimum Gasteiger partial charge on any atom is -0.444 e. The van der Waals surface area contributed by atoms with Crippen LogP contribution in [0.15, 0.2) is 48.5 Å². The number of amides is 3. The van der Waals surface area contributed by atoms with Crippen LogP contribution < -0.4 is 16.0 Å². The van der Waals surface area contributed by atoms with E-state index in [9.17, 15) is 18.8 Å². The Labute approximate surface area is 162 Å². The molecule has 7 nitrogen and oxygen atoms in total. The normalized spacial score (nSPS) is 10.7. The first kappa shape index (κ1) is 20.9. The van der Waals surface area contributed by atoms with Crippen LogP contribution in [0, 0.1) is 5.82 Å². The Bertz CT molecular complexity index is 860. The number of halogens is 1. The zero-order valence-corrected chi connectivity index (χ0v) is 15.8. The van der Waals surface area contributed by atoms with Crippen LogP contribution in [0.5, 0.6) is 0 Å². The van der Waals surface area contributed by atoms with Gasteiger partial charge in [0.25, 0.3) is 5.91 Å². The molecule has 0 spiro atoms. The average molecular weight is 387 g/mol. The van der Waals surface area contributed by atoms with Crippen molar-refractivity contribution in [3.8, 4) is 0 Å². The number of ether oxygens (including phenoxy) is 1. The van der Waals surface area contributed by atoms with Gasteiger partial charge in [-0.1, -0.05) is 6.07 Å². The molecule has 3 N–H and O–H groups in total. The zero-order valence-electron chi connectivity index (χ0n) is 15.8. The minimum atomic E-state index is -0.682. The lowest BCUT2D eigenvalue weighted by Crippen LogP contribution is -2.37. The molecule has 8 heteroatoms. The minimum absolute atomic E-state index is 0.200. The lowest BCUT2D eigenvalue weighted by atomic mass is 10.2. The zero-order chi connectivity index (χ0) is 20.7. The van der Waals surface area contributed by atoms with Crippen molar-refractivity contribution in [2.75, 3.05) is 17.2 Å². The third-order valence-electron chi connectivity index (χ3n) is 3.31. The molecule has 0 radical (unpaired) electrons. The summed E-state index contributed by atoms with van der Waals surface area (Å²) in [4.78, 5) is 35.5. The van der Waals surface area contributed by atoms with Crippen LogP contribution in [-0.4, -0.2) is 30.1 Å². The Balaban J connectivity index is 1.84. The number of rotatable bonds is 5. The highest BCUT2D eigenvalue weighted by atomic mass is 19.1. The van der Waals surface area contributed by atoms with Gasteiger partial charge in [0.1, 0.15) is 18.0 Å². The van der Waals surface area contributed by atoms with Crippen LogP contribution in [0.3, 0.4) is 0 Å². The fourth-order valence-corrected chi connectivity index (χ4v) is 2.14. The predicted octanol–water partition coefficient (Wildman–Crippen LogP) is 3.54. The van der Waals surface area contributed by atoms with E-state index in [0.29, 0.717) is 11.4 Å². The summed E-state index contributed by atoms with van der Waals surface area (Å²) in [7, 11) is 0. The number of benzene rings is 2. The van der Waals surface area contributed by atoms with Crippen molar-refractivity contribution in [3.63, 3.8) is 0 Å². The second kappa shape index (κ2) is 8.98. The van der Waals surface area contributed by atoms with Gasteiger partial charge >= 0.3 is 6.09 Å². The van der Waals surface area contributed by atoms with Crippen LogP contribution in [0.1, 0.15) is 31.1 Å². The van der Waals surface area contributed by atoms with Gasteiger partial charge < -0.3 is 20.7 Å². The van der Waals surface area contributed by atoms with Crippen molar-refractivity contribution in [1.82, 2.24) is 5.32 Å². The molecule has 0 bridgehead atoms. The molecule has 0 aliphatic carbocycles. The largest absolute Gasteiger partial charge is 0.444 e. The molecule has 0 aromatic heterocycles. The number of nitrogens with one attached hydrogen (secondary N) is 3. The van der Waals surface area contributed by atoms with E-state index in [0.717, 1.165) is 6.07 Å². The number of carbonyl (C=O) groups excluding carboxylic acids is 3. The average Bonchev–Trinajstić information content (AvgIpc) is 2.60. The van der Waals surface area contributed by atoms with Crippen molar-refractivity contribution in [3.05, 3.63) is 59.9 Å². The van der Waals surface area contributed by atoms with Gasteiger partial charge in [-0.15, -0.1) is 0 Å². The summed E-state index contributed by atoms with van der Waals surface area (Å²) in [6.45, 7) is 4.93. The van der Waals surface area contributed by atoms with Gasteiger partial charge in [-0.2, -0.15) is 0 Å². The summed E-state index contributed by atoms with van der Waals surface area (Å²) in [5, 5.41) is 7.60. The second-order valence-corrected chi connectivity index (χ2v) is 6.95. The van der Waals surface area contributed by atoms with Gasteiger partial charge in [-0.05, 0) is 63.2 Å². The number of hydrogen-bond acceptors (Lipinski definition) is 4. The highest BCUT2D eigenvalue weighted by Crippen LogP contribution is 2.15. The fourth-order valence-electron chi connectivity index (χ4n) is 2.14. The van der Waals surface area contributed by atoms with E-state index in [2.05, 4.69) is 16.0 Å². The van der Waals surface area contributed by atoms with E-state index in [1.54, 1.807) is 45.0 Å². The van der Waals surface area contributed by atoms with Gasteiger partial charge in [0, 0.05) is 16.9 Å². The highest BCUT2D eigenvalue weighted by molar-refractivity contribution is 6.04. The van der Waals surface area contributed by atoms with E-state index in [4.69, 9.17) is 4.74 Å². The Kier molecular flexibility index (Phi) is 6.70. The van der Waals surface area contributed by atoms with Crippen molar-refractivity contribution >= 4 is 29.3 Å². The quantitative estimate of drug-likeness (QED) is 0.731. The first-order valence-corrected chi connectivity index (χ1v) is 8.56. The van der Waals surface area contributed by atoms with Crippen molar-refractivity contribution in [2.24, 2.45) is 0 Å². The topological polar surface area (TPSA) is 96.5 Å². The number of hydrogen-bond donors (Lipinski definition) is 3. The van der Waals surface area contributed by atoms with Gasteiger partial charge in [-0.3, -0.25) is 9.59 Å². The molecule has 0 aliphatic heterocycles. The molecule has 2 aromatic carbocycles. The van der Waals surface area contributed by atoms with Gasteiger partial charge in [0.05, 0.1) is 0 Å². The molecular formula is C20H22FN3O4. The smallest absolute Gasteiger partial charge is 0.408 e. The summed E-state index contributed by atoms with van der Waals surface area (Å²) < 4.78 is 18.2. The monoisotopic (exact) mass is 387 g/mol. The standard InChI is InChI=1S/C20H22FN3O4/c1-20(2,3)28-19(27)22-12-17(25)23-15-7-9-16(10-8-15)24-18(26)13-5-4-6-14(21)11-13/h4-11H,12H2,1-3H3,(H,22,27)(H,23,25)(H,24,26). The number of anilines is 2. The maximum atomic E-state index is 13.2. The second-order valence-electron chi connectivity index (χ2n) is 6.95. The first-order chi connectivity index (χ1) is 13.1. The fraction of sp³-hybridized carbons (Fsp3) is 0.250. The predicted molar refractivity (Wildman–Crippen MR) is 104 cm³/mol. The highest BCUT2D eigenvalue weighted by Gasteiger charge is 2.16. The molecule has 2 aromatic rings. The maximum absolute atomic E-state index is 13.2. The SMILES string of the molecule is CC(C)(C)OC(=O)NCC(=O)Nc1ccc(NC(=O)c2cccc(F)c2)cc1. The summed E-state index contributed by atoms with van der Waals surface area (Å²) in [6, 6.07) is 11.7. The molecule has 28 heavy (non-hydrogen) atoms. The van der Waals surface area contributed by atoms with E-state index in [1.807, 2.05) is 0 Å². The van der Waals surface area contributed by atoms with E-state index in [-0.39, 0.29) is 12.1 Å². The number of alkyl carbamates (subject to hydrolysis) is 1. The summed E-state index contributed by atoms with van der Waals surface area (Å²) in [5.41, 5.74) is 0.524. The van der Waals surface area contributed by atoms with Crippen LogP contribution in [0.2, 0.25) is 0 Å². The molecule has 148 valence electrons. The van der Waals surface area contributed by atoms with Crippen molar-refractivity contribution in [1.29, 1.82) is 0 Å². The van der Waals surface area contributed by atoms with Crippen molar-refractivity contribution < 1.29 is 23.5 Å². The Morgan fingerprint density at radius 1 is 0.964 bits per heavy atom. The molecule has 2 rings (SSSR count).